The maximum Gasteiger partial charge on any atom is 0.430 e. The third kappa shape index (κ3) is 7.60. The Kier molecular flexibility index (Phi) is 8.91. The predicted molar refractivity (Wildman–Crippen MR) is 138 cm³/mol. The molecule has 0 aliphatic carbocycles. The highest BCUT2D eigenvalue weighted by Crippen LogP contribution is 2.38. The molecule has 3 aromatic rings. The number of halogens is 3. The summed E-state index contributed by atoms with van der Waals surface area (Å²) in [5, 5.41) is 12.2. The van der Waals surface area contributed by atoms with Crippen LogP contribution in [0.25, 0.3) is 0 Å². The van der Waals surface area contributed by atoms with Crippen LogP contribution < -0.4 is 10.4 Å². The first-order valence-electron chi connectivity index (χ1n) is 12.9. The first-order valence-corrected chi connectivity index (χ1v) is 12.9. The predicted octanol–water partition coefficient (Wildman–Crippen LogP) is 4.49. The van der Waals surface area contributed by atoms with Gasteiger partial charge < -0.3 is 24.4 Å². The van der Waals surface area contributed by atoms with Gasteiger partial charge >= 0.3 is 12.1 Å². The number of piperidine rings is 3. The fraction of sp³-hybridized carbons (Fsp3) is 0.333. The molecule has 0 unspecified atom stereocenters. The molecule has 3 aliphatic rings. The summed E-state index contributed by atoms with van der Waals surface area (Å²) in [7, 11) is 0. The van der Waals surface area contributed by atoms with Crippen LogP contribution >= 0.6 is 0 Å². The summed E-state index contributed by atoms with van der Waals surface area (Å²) < 4.78 is 38.8. The fourth-order valence-corrected chi connectivity index (χ4v) is 5.39. The minimum absolute atomic E-state index is 0.0162. The standard InChI is InChI=1S/C28H31N2O2.C2HF3O2/c31-28(27(24-12-6-2-7-13-24)29-25-14-8-3-9-15-25)32-26-21-30(18-16-23(26)17-19-30)20-22-10-4-1-5-11-22;3-2(4,5)1(6)7/h1-15,23,26-27,29H,16-21H2;(H,6,7)/q+1;/p-1/t23?,26-,27+,30?;/m0./s1. The molecule has 206 valence electrons. The van der Waals surface area contributed by atoms with Crippen molar-refractivity contribution < 1.29 is 37.1 Å². The van der Waals surface area contributed by atoms with Crippen LogP contribution in [-0.4, -0.2) is 48.3 Å². The number of carbonyl (C=O) groups excluding carboxylic acids is 2. The smallest absolute Gasteiger partial charge is 0.430 e. The van der Waals surface area contributed by atoms with Crippen LogP contribution in [0.4, 0.5) is 18.9 Å². The molecule has 3 aromatic carbocycles. The number of anilines is 1. The molecule has 9 heteroatoms. The van der Waals surface area contributed by atoms with E-state index in [1.54, 1.807) is 0 Å². The number of rotatable bonds is 7. The average molecular weight is 541 g/mol. The summed E-state index contributed by atoms with van der Waals surface area (Å²) in [4.78, 5) is 22.2. The molecule has 39 heavy (non-hydrogen) atoms. The van der Waals surface area contributed by atoms with Gasteiger partial charge in [0.25, 0.3) is 0 Å². The lowest BCUT2D eigenvalue weighted by atomic mass is 9.82. The van der Waals surface area contributed by atoms with Gasteiger partial charge in [-0.05, 0) is 17.7 Å². The number of carbonyl (C=O) groups is 2. The number of para-hydroxylation sites is 1. The number of aliphatic carboxylic acids is 1. The molecule has 1 N–H and O–H groups in total. The van der Waals surface area contributed by atoms with Crippen LogP contribution in [-0.2, 0) is 20.9 Å². The van der Waals surface area contributed by atoms with Crippen LogP contribution in [0.1, 0.15) is 30.0 Å². The average Bonchev–Trinajstić information content (AvgIpc) is 2.93. The van der Waals surface area contributed by atoms with E-state index in [1.807, 2.05) is 60.7 Å². The molecule has 0 saturated carbocycles. The van der Waals surface area contributed by atoms with Crippen molar-refractivity contribution in [3.63, 3.8) is 0 Å². The molecule has 3 aliphatic heterocycles. The number of nitrogens with zero attached hydrogens (tertiary/aromatic N) is 1. The van der Waals surface area contributed by atoms with Gasteiger partial charge in [-0.1, -0.05) is 78.9 Å². The van der Waals surface area contributed by atoms with Crippen molar-refractivity contribution in [1.82, 2.24) is 0 Å². The molecule has 6 rings (SSSR count). The van der Waals surface area contributed by atoms with Crippen molar-refractivity contribution in [3.05, 3.63) is 102 Å². The highest BCUT2D eigenvalue weighted by atomic mass is 19.4. The molecule has 2 atom stereocenters. The van der Waals surface area contributed by atoms with E-state index in [2.05, 4.69) is 35.6 Å². The minimum atomic E-state index is -5.19. The first kappa shape index (κ1) is 28.2. The summed E-state index contributed by atoms with van der Waals surface area (Å²) in [5.41, 5.74) is 3.21. The number of hydrogen-bond donors (Lipinski definition) is 1. The van der Waals surface area contributed by atoms with Crippen LogP contribution in [0.2, 0.25) is 0 Å². The van der Waals surface area contributed by atoms with Gasteiger partial charge in [0.2, 0.25) is 0 Å². The minimum Gasteiger partial charge on any atom is -0.542 e. The Labute approximate surface area is 225 Å². The van der Waals surface area contributed by atoms with Gasteiger partial charge in [0.1, 0.15) is 19.1 Å². The van der Waals surface area contributed by atoms with Gasteiger partial charge in [0.05, 0.1) is 13.1 Å². The maximum atomic E-state index is 13.5. The molecule has 3 heterocycles. The molecular formula is C30H31F3N2O4. The van der Waals surface area contributed by atoms with Gasteiger partial charge in [0.15, 0.2) is 12.1 Å². The first-order chi connectivity index (χ1) is 18.7. The molecule has 0 spiro atoms. The van der Waals surface area contributed by atoms with Crippen molar-refractivity contribution in [2.24, 2.45) is 5.92 Å². The Morgan fingerprint density at radius 1 is 0.897 bits per heavy atom. The van der Waals surface area contributed by atoms with Crippen molar-refractivity contribution in [1.29, 1.82) is 0 Å². The number of nitrogens with one attached hydrogen (secondary N) is 1. The molecule has 3 saturated heterocycles. The number of carboxylic acids is 1. The maximum absolute atomic E-state index is 13.5. The van der Waals surface area contributed by atoms with Gasteiger partial charge in [-0.2, -0.15) is 13.2 Å². The molecule has 6 nitrogen and oxygen atoms in total. The van der Waals surface area contributed by atoms with E-state index in [1.165, 1.54) is 18.7 Å². The van der Waals surface area contributed by atoms with Gasteiger partial charge in [-0.3, -0.25) is 0 Å². The van der Waals surface area contributed by atoms with E-state index in [0.717, 1.165) is 41.7 Å². The van der Waals surface area contributed by atoms with Crippen molar-refractivity contribution in [2.45, 2.75) is 37.7 Å². The van der Waals surface area contributed by atoms with E-state index < -0.39 is 18.2 Å². The zero-order chi connectivity index (χ0) is 27.9. The Morgan fingerprint density at radius 2 is 1.41 bits per heavy atom. The number of hydrogen-bond acceptors (Lipinski definition) is 5. The number of esters is 1. The van der Waals surface area contributed by atoms with E-state index >= 15 is 0 Å². The second kappa shape index (κ2) is 12.3. The second-order valence-corrected chi connectivity index (χ2v) is 10.1. The molecule has 0 aromatic heterocycles. The van der Waals surface area contributed by atoms with Crippen molar-refractivity contribution in [2.75, 3.05) is 25.0 Å². The lowest BCUT2D eigenvalue weighted by Crippen LogP contribution is -2.63. The lowest BCUT2D eigenvalue weighted by Gasteiger charge is -2.52. The topological polar surface area (TPSA) is 78.5 Å². The number of quaternary nitrogens is 1. The van der Waals surface area contributed by atoms with Crippen LogP contribution in [0.15, 0.2) is 91.0 Å². The van der Waals surface area contributed by atoms with Crippen LogP contribution in [0.3, 0.4) is 0 Å². The normalized spacial score (nSPS) is 22.6. The quantitative estimate of drug-likeness (QED) is 0.353. The summed E-state index contributed by atoms with van der Waals surface area (Å²) in [6.45, 7) is 4.29. The third-order valence-corrected chi connectivity index (χ3v) is 7.35. The Balaban J connectivity index is 0.000000448. The summed E-state index contributed by atoms with van der Waals surface area (Å²) in [5.74, 6) is -2.72. The van der Waals surface area contributed by atoms with Crippen molar-refractivity contribution in [3.8, 4) is 0 Å². The summed E-state index contributed by atoms with van der Waals surface area (Å²) in [6.07, 6.45) is -2.95. The monoisotopic (exact) mass is 540 g/mol. The number of fused-ring (bicyclic) bond motifs is 3. The summed E-state index contributed by atoms with van der Waals surface area (Å²) >= 11 is 0. The Hall–Kier alpha value is -3.85. The molecule has 2 bridgehead atoms. The second-order valence-electron chi connectivity index (χ2n) is 10.1. The van der Waals surface area contributed by atoms with Crippen LogP contribution in [0, 0.1) is 5.92 Å². The van der Waals surface area contributed by atoms with Gasteiger partial charge in [0, 0.05) is 30.0 Å². The zero-order valence-corrected chi connectivity index (χ0v) is 21.3. The van der Waals surface area contributed by atoms with E-state index in [0.29, 0.717) is 5.92 Å². The highest BCUT2D eigenvalue weighted by molar-refractivity contribution is 5.81. The number of alkyl halides is 3. The van der Waals surface area contributed by atoms with E-state index in [-0.39, 0.29) is 12.1 Å². The SMILES string of the molecule is O=C(O[C@H]1C[N+]2(Cc3ccccc3)CCC1CC2)[C@H](Nc1ccccc1)c1ccccc1.O=C([O-])C(F)(F)F. The molecule has 0 amide bonds. The lowest BCUT2D eigenvalue weighted by molar-refractivity contribution is -0.958. The third-order valence-electron chi connectivity index (χ3n) is 7.35. The van der Waals surface area contributed by atoms with Gasteiger partial charge in [-0.15, -0.1) is 0 Å². The van der Waals surface area contributed by atoms with Gasteiger partial charge in [-0.25, -0.2) is 4.79 Å². The number of carboxylic acid groups (broad SMARTS) is 1. The number of benzene rings is 3. The Bertz CT molecular complexity index is 1220. The molecule has 3 fully saturated rings. The van der Waals surface area contributed by atoms with E-state index in [9.17, 15) is 18.0 Å². The van der Waals surface area contributed by atoms with E-state index in [4.69, 9.17) is 14.6 Å². The molecule has 0 radical (unpaired) electrons. The highest BCUT2D eigenvalue weighted by Gasteiger charge is 2.48. The number of ether oxygens (including phenoxy) is 1. The zero-order valence-electron chi connectivity index (χ0n) is 21.3. The molecular weight excluding hydrogens is 509 g/mol. The largest absolute Gasteiger partial charge is 0.542 e. The summed E-state index contributed by atoms with van der Waals surface area (Å²) in [6, 6.07) is 30.0. The van der Waals surface area contributed by atoms with Crippen LogP contribution in [0.5, 0.6) is 0 Å². The fourth-order valence-electron chi connectivity index (χ4n) is 5.39. The van der Waals surface area contributed by atoms with Crippen molar-refractivity contribution >= 4 is 17.6 Å². The Morgan fingerprint density at radius 3 is 1.95 bits per heavy atom.